The van der Waals surface area contributed by atoms with Gasteiger partial charge in [0.15, 0.2) is 23.0 Å². The Balaban J connectivity index is 1.88. The highest BCUT2D eigenvalue weighted by Gasteiger charge is 2.35. The van der Waals surface area contributed by atoms with E-state index in [1.165, 1.54) is 42.7 Å². The predicted octanol–water partition coefficient (Wildman–Crippen LogP) is 3.48. The molecule has 3 amide bonds. The average Bonchev–Trinajstić information content (AvgIpc) is 3.06. The van der Waals surface area contributed by atoms with Crippen LogP contribution in [0.25, 0.3) is 0 Å². The van der Waals surface area contributed by atoms with Crippen LogP contribution in [0.1, 0.15) is 41.0 Å². The van der Waals surface area contributed by atoms with E-state index >= 15 is 0 Å². The SMILES string of the molecule is CCN(CC)C(=O)OC[C@@H]1CN(C(=O)c2cc(OC)c(OC)c(OC)c2)CC[C@@H]1NC(=O)c1cc(OC)c(OC)c(OC)c1. The van der Waals surface area contributed by atoms with Crippen molar-refractivity contribution in [2.75, 3.05) is 75.4 Å². The predicted molar refractivity (Wildman–Crippen MR) is 162 cm³/mol. The summed E-state index contributed by atoms with van der Waals surface area (Å²) in [6, 6.07) is 5.91. The van der Waals surface area contributed by atoms with Gasteiger partial charge in [0, 0.05) is 49.3 Å². The molecule has 1 N–H and O–H groups in total. The zero-order valence-corrected chi connectivity index (χ0v) is 26.7. The van der Waals surface area contributed by atoms with E-state index in [0.717, 1.165) is 0 Å². The maximum Gasteiger partial charge on any atom is 0.409 e. The molecule has 0 unspecified atom stereocenters. The maximum absolute atomic E-state index is 13.7. The van der Waals surface area contributed by atoms with Crippen LogP contribution in [-0.2, 0) is 4.74 Å². The van der Waals surface area contributed by atoms with Crippen molar-refractivity contribution < 1.29 is 47.5 Å². The van der Waals surface area contributed by atoms with Crippen molar-refractivity contribution in [3.8, 4) is 34.5 Å². The molecular weight excluding hydrogens is 574 g/mol. The Kier molecular flexibility index (Phi) is 12.2. The summed E-state index contributed by atoms with van der Waals surface area (Å²) in [6.45, 7) is 5.28. The third-order valence-electron chi connectivity index (χ3n) is 7.62. The summed E-state index contributed by atoms with van der Waals surface area (Å²) in [4.78, 5) is 43.1. The number of carbonyl (C=O) groups is 3. The van der Waals surface area contributed by atoms with Gasteiger partial charge in [0.1, 0.15) is 0 Å². The van der Waals surface area contributed by atoms with Crippen LogP contribution >= 0.6 is 0 Å². The number of ether oxygens (including phenoxy) is 7. The van der Waals surface area contributed by atoms with Gasteiger partial charge in [-0.05, 0) is 44.5 Å². The second kappa shape index (κ2) is 15.8. The molecule has 1 saturated heterocycles. The molecule has 0 saturated carbocycles. The number of benzene rings is 2. The second-order valence-corrected chi connectivity index (χ2v) is 9.96. The molecule has 0 radical (unpaired) electrons. The lowest BCUT2D eigenvalue weighted by Crippen LogP contribution is -2.54. The number of amides is 3. The molecule has 1 fully saturated rings. The normalized spacial score (nSPS) is 16.0. The van der Waals surface area contributed by atoms with Crippen molar-refractivity contribution in [2.45, 2.75) is 26.3 Å². The molecular formula is C31H43N3O10. The minimum Gasteiger partial charge on any atom is -0.493 e. The van der Waals surface area contributed by atoms with E-state index in [4.69, 9.17) is 33.2 Å². The van der Waals surface area contributed by atoms with Crippen LogP contribution in [-0.4, -0.2) is 109 Å². The number of nitrogens with one attached hydrogen (secondary N) is 1. The molecule has 3 rings (SSSR count). The molecule has 0 aromatic heterocycles. The van der Waals surface area contributed by atoms with Crippen molar-refractivity contribution in [1.82, 2.24) is 15.1 Å². The van der Waals surface area contributed by atoms with Crippen molar-refractivity contribution in [3.05, 3.63) is 35.4 Å². The molecule has 1 aliphatic heterocycles. The topological polar surface area (TPSA) is 134 Å². The summed E-state index contributed by atoms with van der Waals surface area (Å²) in [5, 5.41) is 3.07. The Morgan fingerprint density at radius 3 is 1.68 bits per heavy atom. The van der Waals surface area contributed by atoms with Crippen LogP contribution in [0.4, 0.5) is 4.79 Å². The van der Waals surface area contributed by atoms with Gasteiger partial charge in [-0.3, -0.25) is 9.59 Å². The number of hydrogen-bond donors (Lipinski definition) is 1. The fraction of sp³-hybridized carbons (Fsp3) is 0.516. The molecule has 13 heteroatoms. The van der Waals surface area contributed by atoms with Crippen molar-refractivity contribution >= 4 is 17.9 Å². The molecule has 44 heavy (non-hydrogen) atoms. The third kappa shape index (κ3) is 7.50. The molecule has 242 valence electrons. The summed E-state index contributed by atoms with van der Waals surface area (Å²) < 4.78 is 38.1. The minimum absolute atomic E-state index is 0.00539. The maximum atomic E-state index is 13.7. The standard InChI is InChI=1S/C31H43N3O10/c1-9-33(10-2)31(37)44-18-21-17-34(30(36)20-15-25(40-5)28(43-8)26(16-20)41-6)12-11-22(21)32-29(35)19-13-23(38-3)27(42-7)24(14-19)39-4/h13-16,21-22H,9-12,17-18H2,1-8H3,(H,32,35)/t21-,22-/m0/s1. The van der Waals surface area contributed by atoms with Gasteiger partial charge < -0.3 is 48.3 Å². The molecule has 13 nitrogen and oxygen atoms in total. The van der Waals surface area contributed by atoms with E-state index in [1.807, 2.05) is 13.8 Å². The first-order chi connectivity index (χ1) is 21.2. The molecule has 2 atom stereocenters. The highest BCUT2D eigenvalue weighted by Crippen LogP contribution is 2.39. The Morgan fingerprint density at radius 2 is 1.25 bits per heavy atom. The van der Waals surface area contributed by atoms with Crippen LogP contribution in [0.2, 0.25) is 0 Å². The second-order valence-electron chi connectivity index (χ2n) is 9.96. The highest BCUT2D eigenvalue weighted by molar-refractivity contribution is 5.97. The fourth-order valence-corrected chi connectivity index (χ4v) is 5.18. The van der Waals surface area contributed by atoms with E-state index in [2.05, 4.69) is 5.32 Å². The number of rotatable bonds is 13. The van der Waals surface area contributed by atoms with Crippen LogP contribution in [0, 0.1) is 5.92 Å². The number of hydrogen-bond acceptors (Lipinski definition) is 10. The lowest BCUT2D eigenvalue weighted by Gasteiger charge is -2.39. The number of carbonyl (C=O) groups excluding carboxylic acids is 3. The molecule has 1 heterocycles. The molecule has 0 bridgehead atoms. The first-order valence-corrected chi connectivity index (χ1v) is 14.3. The minimum atomic E-state index is -0.460. The van der Waals surface area contributed by atoms with Gasteiger partial charge in [-0.2, -0.15) is 0 Å². The number of methoxy groups -OCH3 is 6. The quantitative estimate of drug-likeness (QED) is 0.356. The largest absolute Gasteiger partial charge is 0.493 e. The third-order valence-corrected chi connectivity index (χ3v) is 7.62. The van der Waals surface area contributed by atoms with E-state index < -0.39 is 18.1 Å². The van der Waals surface area contributed by atoms with Gasteiger partial charge in [0.2, 0.25) is 11.5 Å². The number of piperidine rings is 1. The highest BCUT2D eigenvalue weighted by atomic mass is 16.6. The van der Waals surface area contributed by atoms with E-state index in [-0.39, 0.29) is 25.0 Å². The van der Waals surface area contributed by atoms with Gasteiger partial charge in [-0.25, -0.2) is 4.79 Å². The van der Waals surface area contributed by atoms with Gasteiger partial charge >= 0.3 is 6.09 Å². The Hall–Kier alpha value is -4.55. The Morgan fingerprint density at radius 1 is 0.773 bits per heavy atom. The molecule has 1 aliphatic rings. The van der Waals surface area contributed by atoms with Gasteiger partial charge in [-0.15, -0.1) is 0 Å². The van der Waals surface area contributed by atoms with Crippen molar-refractivity contribution in [2.24, 2.45) is 5.92 Å². The van der Waals surface area contributed by atoms with Gasteiger partial charge in [0.25, 0.3) is 11.8 Å². The van der Waals surface area contributed by atoms with Crippen molar-refractivity contribution in [1.29, 1.82) is 0 Å². The first kappa shape index (κ1) is 33.9. The van der Waals surface area contributed by atoms with Gasteiger partial charge in [-0.1, -0.05) is 0 Å². The monoisotopic (exact) mass is 617 g/mol. The molecule has 0 spiro atoms. The summed E-state index contributed by atoms with van der Waals surface area (Å²) in [7, 11) is 8.88. The smallest absolute Gasteiger partial charge is 0.409 e. The summed E-state index contributed by atoms with van der Waals surface area (Å²) in [5.41, 5.74) is 0.646. The van der Waals surface area contributed by atoms with E-state index in [9.17, 15) is 14.4 Å². The summed E-state index contributed by atoms with van der Waals surface area (Å²) in [6.07, 6.45) is -0.0439. The van der Waals surface area contributed by atoms with Gasteiger partial charge in [0.05, 0.1) is 49.3 Å². The Bertz CT molecular complexity index is 1260. The lowest BCUT2D eigenvalue weighted by molar-refractivity contribution is 0.0424. The van der Waals surface area contributed by atoms with Crippen LogP contribution < -0.4 is 33.7 Å². The van der Waals surface area contributed by atoms with Crippen LogP contribution in [0.5, 0.6) is 34.5 Å². The molecule has 0 aliphatic carbocycles. The number of likely N-dealkylation sites (tertiary alicyclic amines) is 1. The first-order valence-electron chi connectivity index (χ1n) is 14.3. The van der Waals surface area contributed by atoms with E-state index in [1.54, 1.807) is 34.1 Å². The van der Waals surface area contributed by atoms with Crippen molar-refractivity contribution in [3.63, 3.8) is 0 Å². The molecule has 2 aromatic rings. The van der Waals surface area contributed by atoms with E-state index in [0.29, 0.717) is 71.7 Å². The lowest BCUT2D eigenvalue weighted by atomic mass is 9.91. The molecule has 2 aromatic carbocycles. The summed E-state index contributed by atoms with van der Waals surface area (Å²) >= 11 is 0. The Labute approximate surface area is 258 Å². The summed E-state index contributed by atoms with van der Waals surface area (Å²) in [5.74, 6) is 1.09. The number of nitrogens with zero attached hydrogens (tertiary/aromatic N) is 2. The van der Waals surface area contributed by atoms with Crippen LogP contribution in [0.15, 0.2) is 24.3 Å². The fourth-order valence-electron chi connectivity index (χ4n) is 5.18. The van der Waals surface area contributed by atoms with Crippen LogP contribution in [0.3, 0.4) is 0 Å². The zero-order chi connectivity index (χ0) is 32.4. The average molecular weight is 618 g/mol. The zero-order valence-electron chi connectivity index (χ0n) is 26.7.